The fourth-order valence-corrected chi connectivity index (χ4v) is 2.26. The van der Waals surface area contributed by atoms with Crippen LogP contribution in [0.2, 0.25) is 0 Å². The van der Waals surface area contributed by atoms with E-state index in [9.17, 15) is 0 Å². The number of aromatic nitrogens is 3. The van der Waals surface area contributed by atoms with Crippen molar-refractivity contribution in [2.45, 2.75) is 18.9 Å². The lowest BCUT2D eigenvalue weighted by atomic mass is 10.0. The molecule has 0 fully saturated rings. The third-order valence-electron chi connectivity index (χ3n) is 3.35. The van der Waals surface area contributed by atoms with Gasteiger partial charge in [-0.3, -0.25) is 4.68 Å². The van der Waals surface area contributed by atoms with E-state index in [0.717, 1.165) is 30.2 Å². The summed E-state index contributed by atoms with van der Waals surface area (Å²) in [5.74, 6) is 1.89. The van der Waals surface area contributed by atoms with Gasteiger partial charge in [-0.05, 0) is 17.2 Å². The van der Waals surface area contributed by atoms with Crippen molar-refractivity contribution in [3.63, 3.8) is 0 Å². The van der Waals surface area contributed by atoms with E-state index in [2.05, 4.69) is 16.1 Å². The Balaban J connectivity index is 1.80. The van der Waals surface area contributed by atoms with Gasteiger partial charge in [0.15, 0.2) is 0 Å². The summed E-state index contributed by atoms with van der Waals surface area (Å²) >= 11 is 0. The molecule has 0 aliphatic carbocycles. The highest BCUT2D eigenvalue weighted by Crippen LogP contribution is 2.28. The van der Waals surface area contributed by atoms with Crippen LogP contribution in [0.4, 0.5) is 0 Å². The van der Waals surface area contributed by atoms with Crippen LogP contribution in [-0.4, -0.2) is 21.4 Å². The maximum Gasteiger partial charge on any atom is 0.138 e. The fraction of sp³-hybridized carbons (Fsp3) is 0.385. The van der Waals surface area contributed by atoms with Crippen LogP contribution in [-0.2, 0) is 19.9 Å². The van der Waals surface area contributed by atoms with Crippen molar-refractivity contribution in [2.24, 2.45) is 12.8 Å². The van der Waals surface area contributed by atoms with Gasteiger partial charge < -0.3 is 10.5 Å². The molecule has 5 nitrogen and oxygen atoms in total. The molecule has 0 saturated heterocycles. The predicted octanol–water partition coefficient (Wildman–Crippen LogP) is 0.993. The molecule has 0 radical (unpaired) electrons. The van der Waals surface area contributed by atoms with Gasteiger partial charge in [-0.1, -0.05) is 12.1 Å². The number of aryl methyl sites for hydroxylation is 1. The molecule has 2 aromatic rings. The van der Waals surface area contributed by atoms with Crippen LogP contribution in [0.1, 0.15) is 23.0 Å². The molecule has 1 aliphatic rings. The molecular weight excluding hydrogens is 228 g/mol. The number of ether oxygens (including phenoxy) is 1. The number of benzene rings is 1. The standard InChI is InChI=1S/C13H16N4O/c1-17-13(15-8-16-17)7-11(14)9-2-3-12-10(6-9)4-5-18-12/h2-3,6,8,11H,4-5,7,14H2,1H3. The van der Waals surface area contributed by atoms with Gasteiger partial charge in [-0.25, -0.2) is 4.98 Å². The van der Waals surface area contributed by atoms with Crippen molar-refractivity contribution in [3.05, 3.63) is 41.5 Å². The Labute approximate surface area is 106 Å². The number of nitrogens with two attached hydrogens (primary N) is 1. The largest absolute Gasteiger partial charge is 0.493 e. The van der Waals surface area contributed by atoms with Crippen molar-refractivity contribution in [3.8, 4) is 5.75 Å². The van der Waals surface area contributed by atoms with Crippen LogP contribution in [0.25, 0.3) is 0 Å². The molecule has 1 aromatic heterocycles. The first-order chi connectivity index (χ1) is 8.74. The lowest BCUT2D eigenvalue weighted by Crippen LogP contribution is -2.16. The topological polar surface area (TPSA) is 66.0 Å². The molecule has 5 heteroatoms. The van der Waals surface area contributed by atoms with Crippen LogP contribution < -0.4 is 10.5 Å². The second-order valence-electron chi connectivity index (χ2n) is 4.58. The molecule has 1 aliphatic heterocycles. The third-order valence-corrected chi connectivity index (χ3v) is 3.35. The highest BCUT2D eigenvalue weighted by molar-refractivity contribution is 5.40. The molecule has 2 N–H and O–H groups in total. The summed E-state index contributed by atoms with van der Waals surface area (Å²) in [6.07, 6.45) is 3.22. The molecular formula is C13H16N4O. The van der Waals surface area contributed by atoms with Gasteiger partial charge in [0.05, 0.1) is 6.61 Å². The molecule has 3 rings (SSSR count). The predicted molar refractivity (Wildman–Crippen MR) is 67.3 cm³/mol. The molecule has 1 atom stereocenters. The number of nitrogens with zero attached hydrogens (tertiary/aromatic N) is 3. The Morgan fingerprint density at radius 1 is 1.50 bits per heavy atom. The smallest absolute Gasteiger partial charge is 0.138 e. The Hall–Kier alpha value is -1.88. The van der Waals surface area contributed by atoms with E-state index in [1.165, 1.54) is 5.56 Å². The van der Waals surface area contributed by atoms with Crippen LogP contribution in [0.3, 0.4) is 0 Å². The first-order valence-corrected chi connectivity index (χ1v) is 6.08. The van der Waals surface area contributed by atoms with Gasteiger partial charge in [-0.15, -0.1) is 0 Å². The summed E-state index contributed by atoms with van der Waals surface area (Å²) in [5, 5.41) is 4.05. The van der Waals surface area contributed by atoms with Gasteiger partial charge in [0.1, 0.15) is 17.9 Å². The van der Waals surface area contributed by atoms with E-state index in [0.29, 0.717) is 6.42 Å². The summed E-state index contributed by atoms with van der Waals surface area (Å²) in [7, 11) is 1.88. The van der Waals surface area contributed by atoms with Crippen LogP contribution in [0.15, 0.2) is 24.5 Å². The number of hydrogen-bond donors (Lipinski definition) is 1. The van der Waals surface area contributed by atoms with Gasteiger partial charge in [0.2, 0.25) is 0 Å². The molecule has 0 spiro atoms. The lowest BCUT2D eigenvalue weighted by Gasteiger charge is -2.12. The summed E-state index contributed by atoms with van der Waals surface area (Å²) < 4.78 is 7.25. The molecule has 0 saturated carbocycles. The van der Waals surface area contributed by atoms with Gasteiger partial charge >= 0.3 is 0 Å². The number of hydrogen-bond acceptors (Lipinski definition) is 4. The Morgan fingerprint density at radius 2 is 2.39 bits per heavy atom. The Morgan fingerprint density at radius 3 is 3.17 bits per heavy atom. The van der Waals surface area contributed by atoms with E-state index in [1.54, 1.807) is 11.0 Å². The first-order valence-electron chi connectivity index (χ1n) is 6.08. The molecule has 0 bridgehead atoms. The number of fused-ring (bicyclic) bond motifs is 1. The average molecular weight is 244 g/mol. The quantitative estimate of drug-likeness (QED) is 0.874. The van der Waals surface area contributed by atoms with Gasteiger partial charge in [-0.2, -0.15) is 5.10 Å². The van der Waals surface area contributed by atoms with Crippen molar-refractivity contribution in [2.75, 3.05) is 6.61 Å². The van der Waals surface area contributed by atoms with Crippen molar-refractivity contribution < 1.29 is 4.74 Å². The minimum Gasteiger partial charge on any atom is -0.493 e. The normalized spacial score (nSPS) is 15.2. The molecule has 94 valence electrons. The van der Waals surface area contributed by atoms with E-state index in [4.69, 9.17) is 10.5 Å². The second-order valence-corrected chi connectivity index (χ2v) is 4.58. The number of rotatable bonds is 3. The van der Waals surface area contributed by atoms with Crippen molar-refractivity contribution in [1.29, 1.82) is 0 Å². The van der Waals surface area contributed by atoms with Crippen molar-refractivity contribution in [1.82, 2.24) is 14.8 Å². The minimum absolute atomic E-state index is 0.0567. The fourth-order valence-electron chi connectivity index (χ4n) is 2.26. The SMILES string of the molecule is Cn1ncnc1CC(N)c1ccc2c(c1)CCO2. The maximum atomic E-state index is 6.23. The molecule has 2 heterocycles. The van der Waals surface area contributed by atoms with Crippen LogP contribution in [0, 0.1) is 0 Å². The monoisotopic (exact) mass is 244 g/mol. The zero-order chi connectivity index (χ0) is 12.5. The van der Waals surface area contributed by atoms with E-state index >= 15 is 0 Å². The summed E-state index contributed by atoms with van der Waals surface area (Å²) in [6.45, 7) is 0.775. The maximum absolute atomic E-state index is 6.23. The highest BCUT2D eigenvalue weighted by atomic mass is 16.5. The van der Waals surface area contributed by atoms with Crippen LogP contribution >= 0.6 is 0 Å². The molecule has 18 heavy (non-hydrogen) atoms. The van der Waals surface area contributed by atoms with Gasteiger partial charge in [0.25, 0.3) is 0 Å². The zero-order valence-electron chi connectivity index (χ0n) is 10.3. The summed E-state index contributed by atoms with van der Waals surface area (Å²) in [6, 6.07) is 6.13. The van der Waals surface area contributed by atoms with E-state index < -0.39 is 0 Å². The average Bonchev–Trinajstić information content (AvgIpc) is 2.98. The second kappa shape index (κ2) is 4.42. The zero-order valence-corrected chi connectivity index (χ0v) is 10.3. The van der Waals surface area contributed by atoms with Crippen molar-refractivity contribution >= 4 is 0 Å². The Bertz CT molecular complexity index is 564. The third kappa shape index (κ3) is 1.97. The lowest BCUT2D eigenvalue weighted by molar-refractivity contribution is 0.357. The van der Waals surface area contributed by atoms with Gasteiger partial charge in [0, 0.05) is 25.9 Å². The Kier molecular flexibility index (Phi) is 2.76. The van der Waals surface area contributed by atoms with E-state index in [1.807, 2.05) is 19.2 Å². The van der Waals surface area contributed by atoms with E-state index in [-0.39, 0.29) is 6.04 Å². The highest BCUT2D eigenvalue weighted by Gasteiger charge is 2.16. The van der Waals surface area contributed by atoms with Crippen LogP contribution in [0.5, 0.6) is 5.75 Å². The minimum atomic E-state index is -0.0567. The first kappa shape index (κ1) is 11.2. The molecule has 1 unspecified atom stereocenters. The molecule has 1 aromatic carbocycles. The summed E-state index contributed by atoms with van der Waals surface area (Å²) in [5.41, 5.74) is 8.61. The molecule has 0 amide bonds. The summed E-state index contributed by atoms with van der Waals surface area (Å²) in [4.78, 5) is 4.20.